The molecule has 30 heavy (non-hydrogen) atoms. The minimum Gasteiger partial charge on any atom is -0.0743 e. The third-order valence-corrected chi connectivity index (χ3v) is 7.18. The molecule has 1 atom stereocenters. The molecule has 0 aliphatic heterocycles. The van der Waals surface area contributed by atoms with Crippen LogP contribution >= 0.6 is 22.6 Å². The van der Waals surface area contributed by atoms with Gasteiger partial charge in [0.1, 0.15) is 0 Å². The highest BCUT2D eigenvalue weighted by atomic mass is 127. The van der Waals surface area contributed by atoms with Crippen molar-refractivity contribution < 1.29 is 0 Å². The number of benzene rings is 1. The van der Waals surface area contributed by atoms with Crippen LogP contribution in [0.15, 0.2) is 24.3 Å². The Hall–Kier alpha value is -0.0500. The fourth-order valence-corrected chi connectivity index (χ4v) is 5.21. The molecular weight excluding hydrogens is 475 g/mol. The zero-order chi connectivity index (χ0) is 22.1. The van der Waals surface area contributed by atoms with Gasteiger partial charge in [-0.15, -0.1) is 0 Å². The minimum absolute atomic E-state index is 0.214. The molecule has 0 heterocycles. The molecule has 0 aliphatic carbocycles. The summed E-state index contributed by atoms with van der Waals surface area (Å²) in [6.45, 7) is 9.35. The van der Waals surface area contributed by atoms with Crippen molar-refractivity contribution >= 4 is 22.6 Å². The number of halogens is 1. The Bertz CT molecular complexity index is 513. The molecule has 0 aromatic heterocycles. The molecule has 0 amide bonds. The summed E-state index contributed by atoms with van der Waals surface area (Å²) >= 11 is 2.63. The maximum Gasteiger partial charge on any atom is 0.0417 e. The fourth-order valence-electron chi connectivity index (χ4n) is 4.72. The lowest BCUT2D eigenvalue weighted by Crippen LogP contribution is -2.13. The smallest absolute Gasteiger partial charge is 0.0417 e. The molecule has 0 spiro atoms. The van der Waals surface area contributed by atoms with Gasteiger partial charge < -0.3 is 0 Å². The van der Waals surface area contributed by atoms with Gasteiger partial charge in [-0.3, -0.25) is 0 Å². The van der Waals surface area contributed by atoms with Gasteiger partial charge >= 0.3 is 0 Å². The standard InChI is InChI=1S/C29H51I/c1-5-7-9-11-13-15-17-19-23-26(22-18-16-14-12-10-8-6-2)27-24-20-21-25-28(27)29(3,4)30/h20-21,24-26H,5-19,22-23H2,1-4H3. The fraction of sp³-hybridized carbons (Fsp3) is 0.793. The highest BCUT2D eigenvalue weighted by Crippen LogP contribution is 2.39. The van der Waals surface area contributed by atoms with E-state index in [1.54, 1.807) is 11.1 Å². The van der Waals surface area contributed by atoms with E-state index in [0.717, 1.165) is 5.92 Å². The molecule has 174 valence electrons. The second-order valence-electron chi connectivity index (χ2n) is 9.93. The van der Waals surface area contributed by atoms with Gasteiger partial charge in [-0.25, -0.2) is 0 Å². The first-order valence-corrected chi connectivity index (χ1v) is 14.4. The van der Waals surface area contributed by atoms with E-state index in [1.807, 2.05) is 0 Å². The van der Waals surface area contributed by atoms with E-state index in [0.29, 0.717) is 0 Å². The largest absolute Gasteiger partial charge is 0.0743 e. The molecule has 0 N–H and O–H groups in total. The summed E-state index contributed by atoms with van der Waals surface area (Å²) < 4.78 is 0.214. The molecule has 0 saturated heterocycles. The van der Waals surface area contributed by atoms with Crippen LogP contribution in [0.5, 0.6) is 0 Å². The van der Waals surface area contributed by atoms with Crippen molar-refractivity contribution in [3.8, 4) is 0 Å². The minimum atomic E-state index is 0.214. The van der Waals surface area contributed by atoms with Gasteiger partial charge in [0.25, 0.3) is 0 Å². The summed E-state index contributed by atoms with van der Waals surface area (Å²) in [6, 6.07) is 9.33. The van der Waals surface area contributed by atoms with E-state index in [4.69, 9.17) is 0 Å². The van der Waals surface area contributed by atoms with E-state index in [1.165, 1.54) is 109 Å². The molecule has 0 aliphatic rings. The summed E-state index contributed by atoms with van der Waals surface area (Å²) in [5.74, 6) is 0.756. The van der Waals surface area contributed by atoms with Crippen LogP contribution in [0.2, 0.25) is 0 Å². The van der Waals surface area contributed by atoms with Gasteiger partial charge in [-0.2, -0.15) is 0 Å². The Labute approximate surface area is 203 Å². The topological polar surface area (TPSA) is 0 Å². The molecule has 0 radical (unpaired) electrons. The highest BCUT2D eigenvalue weighted by molar-refractivity contribution is 14.1. The molecule has 1 rings (SSSR count). The van der Waals surface area contributed by atoms with Crippen molar-refractivity contribution in [2.45, 2.75) is 146 Å². The molecular formula is C29H51I. The second kappa shape index (κ2) is 17.5. The van der Waals surface area contributed by atoms with Crippen LogP contribution in [0.1, 0.15) is 154 Å². The van der Waals surface area contributed by atoms with E-state index < -0.39 is 0 Å². The van der Waals surface area contributed by atoms with Crippen LogP contribution in [0.4, 0.5) is 0 Å². The van der Waals surface area contributed by atoms with Gasteiger partial charge in [0.15, 0.2) is 0 Å². The third kappa shape index (κ3) is 12.7. The van der Waals surface area contributed by atoms with Gasteiger partial charge in [0.2, 0.25) is 0 Å². The number of hydrogen-bond acceptors (Lipinski definition) is 0. The van der Waals surface area contributed by atoms with E-state index in [2.05, 4.69) is 74.6 Å². The average molecular weight is 527 g/mol. The summed E-state index contributed by atoms with van der Waals surface area (Å²) in [6.07, 6.45) is 24.0. The van der Waals surface area contributed by atoms with Crippen molar-refractivity contribution in [2.24, 2.45) is 0 Å². The summed E-state index contributed by atoms with van der Waals surface area (Å²) in [7, 11) is 0. The molecule has 1 heteroatoms. The zero-order valence-corrected chi connectivity index (χ0v) is 22.9. The third-order valence-electron chi connectivity index (χ3n) is 6.60. The maximum atomic E-state index is 2.63. The summed E-state index contributed by atoms with van der Waals surface area (Å²) in [4.78, 5) is 0. The van der Waals surface area contributed by atoms with Gasteiger partial charge in [-0.05, 0) is 43.7 Å². The molecule has 0 saturated carbocycles. The molecule has 1 aromatic rings. The first-order chi connectivity index (χ1) is 14.5. The quantitative estimate of drug-likeness (QED) is 0.0955. The van der Waals surface area contributed by atoms with Crippen LogP contribution in [-0.2, 0) is 3.42 Å². The van der Waals surface area contributed by atoms with Crippen molar-refractivity contribution in [1.29, 1.82) is 0 Å². The number of hydrogen-bond donors (Lipinski definition) is 0. The van der Waals surface area contributed by atoms with Crippen molar-refractivity contribution in [1.82, 2.24) is 0 Å². The normalized spacial score (nSPS) is 13.0. The van der Waals surface area contributed by atoms with E-state index in [9.17, 15) is 0 Å². The Morgan fingerprint density at radius 3 is 1.47 bits per heavy atom. The lowest BCUT2D eigenvalue weighted by molar-refractivity contribution is 0.480. The maximum absolute atomic E-state index is 2.63. The highest BCUT2D eigenvalue weighted by Gasteiger charge is 2.23. The molecule has 0 fully saturated rings. The molecule has 1 aromatic carbocycles. The zero-order valence-electron chi connectivity index (χ0n) is 20.8. The molecule has 0 nitrogen and oxygen atoms in total. The van der Waals surface area contributed by atoms with Crippen LogP contribution in [-0.4, -0.2) is 0 Å². The van der Waals surface area contributed by atoms with Gasteiger partial charge in [0, 0.05) is 3.42 Å². The van der Waals surface area contributed by atoms with E-state index in [-0.39, 0.29) is 3.42 Å². The van der Waals surface area contributed by atoms with Crippen molar-refractivity contribution in [2.75, 3.05) is 0 Å². The number of rotatable bonds is 19. The molecule has 0 bridgehead atoms. The van der Waals surface area contributed by atoms with E-state index >= 15 is 0 Å². The predicted molar refractivity (Wildman–Crippen MR) is 146 cm³/mol. The second-order valence-corrected chi connectivity index (χ2v) is 12.6. The SMILES string of the molecule is CCCCCCCCCCC(CCCCCCCCC)c1ccccc1C(C)(C)I. The summed E-state index contributed by atoms with van der Waals surface area (Å²) in [5.41, 5.74) is 3.21. The Kier molecular flexibility index (Phi) is 16.3. The Morgan fingerprint density at radius 2 is 1.03 bits per heavy atom. The number of unbranched alkanes of at least 4 members (excludes halogenated alkanes) is 13. The van der Waals surface area contributed by atoms with Crippen molar-refractivity contribution in [3.63, 3.8) is 0 Å². The van der Waals surface area contributed by atoms with Gasteiger partial charge in [-0.1, -0.05) is 157 Å². The van der Waals surface area contributed by atoms with Gasteiger partial charge in [0.05, 0.1) is 0 Å². The summed E-state index contributed by atoms with van der Waals surface area (Å²) in [5, 5.41) is 0. The van der Waals surface area contributed by atoms with Crippen LogP contribution in [0.25, 0.3) is 0 Å². The van der Waals surface area contributed by atoms with Crippen LogP contribution in [0.3, 0.4) is 0 Å². The average Bonchev–Trinajstić information content (AvgIpc) is 2.73. The molecule has 1 unspecified atom stereocenters. The monoisotopic (exact) mass is 526 g/mol. The predicted octanol–water partition coefficient (Wildman–Crippen LogP) is 11.1. The first kappa shape index (κ1) is 28.0. The lowest BCUT2D eigenvalue weighted by Gasteiger charge is -2.27. The lowest BCUT2D eigenvalue weighted by atomic mass is 9.83. The van der Waals surface area contributed by atoms with Crippen LogP contribution < -0.4 is 0 Å². The first-order valence-electron chi connectivity index (χ1n) is 13.3. The Morgan fingerprint density at radius 1 is 0.633 bits per heavy atom. The number of alkyl halides is 1. The Balaban J connectivity index is 2.54. The van der Waals surface area contributed by atoms with Crippen molar-refractivity contribution in [3.05, 3.63) is 35.4 Å². The van der Waals surface area contributed by atoms with Crippen LogP contribution in [0, 0.1) is 0 Å².